The van der Waals surface area contributed by atoms with Crippen molar-refractivity contribution in [1.82, 2.24) is 0 Å². The van der Waals surface area contributed by atoms with E-state index >= 15 is 0 Å². The zero-order valence-corrected chi connectivity index (χ0v) is 15.9. The Kier molecular flexibility index (Phi) is 6.66. The highest BCUT2D eigenvalue weighted by atomic mass is 19.1. The Morgan fingerprint density at radius 1 is 0.889 bits per heavy atom. The van der Waals surface area contributed by atoms with Gasteiger partial charge in [-0.15, -0.1) is 0 Å². The van der Waals surface area contributed by atoms with Gasteiger partial charge in [0, 0.05) is 11.8 Å². The van der Waals surface area contributed by atoms with Crippen LogP contribution in [0.15, 0.2) is 36.4 Å². The van der Waals surface area contributed by atoms with Crippen LogP contribution in [0, 0.1) is 11.6 Å². The van der Waals surface area contributed by atoms with Crippen LogP contribution in [-0.4, -0.2) is 11.8 Å². The van der Waals surface area contributed by atoms with Crippen molar-refractivity contribution in [2.75, 3.05) is 10.6 Å². The van der Waals surface area contributed by atoms with E-state index in [-0.39, 0.29) is 17.5 Å². The number of carbonyl (C=O) groups is 2. The number of anilines is 2. The normalized spacial score (nSPS) is 11.0. The van der Waals surface area contributed by atoms with Crippen molar-refractivity contribution >= 4 is 23.2 Å². The summed E-state index contributed by atoms with van der Waals surface area (Å²) in [6, 6.07) is 8.66. The van der Waals surface area contributed by atoms with E-state index in [1.54, 1.807) is 0 Å². The summed E-state index contributed by atoms with van der Waals surface area (Å²) in [6.45, 7) is 8.11. The van der Waals surface area contributed by atoms with E-state index in [0.717, 1.165) is 23.3 Å². The van der Waals surface area contributed by atoms with Gasteiger partial charge in [0.1, 0.15) is 18.1 Å². The minimum atomic E-state index is -0.893. The molecule has 144 valence electrons. The summed E-state index contributed by atoms with van der Waals surface area (Å²) in [7, 11) is 0. The molecule has 0 radical (unpaired) electrons. The highest BCUT2D eigenvalue weighted by molar-refractivity contribution is 6.08. The highest BCUT2D eigenvalue weighted by Crippen LogP contribution is 2.32. The van der Waals surface area contributed by atoms with Crippen LogP contribution < -0.4 is 10.6 Å². The zero-order valence-electron chi connectivity index (χ0n) is 15.9. The van der Waals surface area contributed by atoms with Crippen molar-refractivity contribution in [3.05, 3.63) is 59.2 Å². The molecular weight excluding hydrogens is 350 g/mol. The van der Waals surface area contributed by atoms with Gasteiger partial charge in [-0.2, -0.15) is 0 Å². The SMILES string of the molecule is CC(C)c1cccc(C(C)C)c1NC(=O)CC(=O)Nc1ccc(F)cc1F. The van der Waals surface area contributed by atoms with Gasteiger partial charge in [0.2, 0.25) is 11.8 Å². The minimum absolute atomic E-state index is 0.167. The maximum atomic E-state index is 13.6. The Labute approximate surface area is 158 Å². The van der Waals surface area contributed by atoms with E-state index in [0.29, 0.717) is 11.8 Å². The molecule has 2 aromatic carbocycles. The Bertz CT molecular complexity index is 822. The first-order valence-electron chi connectivity index (χ1n) is 8.86. The van der Waals surface area contributed by atoms with Gasteiger partial charge < -0.3 is 10.6 Å². The average molecular weight is 374 g/mol. The van der Waals surface area contributed by atoms with Crippen molar-refractivity contribution < 1.29 is 18.4 Å². The second-order valence-corrected chi connectivity index (χ2v) is 7.02. The van der Waals surface area contributed by atoms with E-state index in [2.05, 4.69) is 10.6 Å². The number of nitrogens with one attached hydrogen (secondary N) is 2. The molecule has 0 unspecified atom stereocenters. The molecule has 27 heavy (non-hydrogen) atoms. The van der Waals surface area contributed by atoms with E-state index in [4.69, 9.17) is 0 Å². The van der Waals surface area contributed by atoms with Crippen LogP contribution >= 0.6 is 0 Å². The van der Waals surface area contributed by atoms with Crippen LogP contribution in [-0.2, 0) is 9.59 Å². The van der Waals surface area contributed by atoms with Crippen LogP contribution in [0.1, 0.15) is 57.1 Å². The van der Waals surface area contributed by atoms with Gasteiger partial charge >= 0.3 is 0 Å². The molecule has 0 atom stereocenters. The van der Waals surface area contributed by atoms with Gasteiger partial charge in [0.05, 0.1) is 5.69 Å². The summed E-state index contributed by atoms with van der Waals surface area (Å²) < 4.78 is 26.5. The summed E-state index contributed by atoms with van der Waals surface area (Å²) in [5, 5.41) is 5.12. The standard InChI is InChI=1S/C21H24F2N2O2/c1-12(2)15-6-5-7-16(13(3)4)21(15)25-20(27)11-19(26)24-18-9-8-14(22)10-17(18)23/h5-10,12-13H,11H2,1-4H3,(H,24,26)(H,25,27). The van der Waals surface area contributed by atoms with Gasteiger partial charge in [-0.25, -0.2) is 8.78 Å². The van der Waals surface area contributed by atoms with Crippen LogP contribution in [0.5, 0.6) is 0 Å². The molecule has 0 spiro atoms. The maximum absolute atomic E-state index is 13.6. The molecule has 4 nitrogen and oxygen atoms in total. The van der Waals surface area contributed by atoms with E-state index < -0.39 is 29.9 Å². The first-order chi connectivity index (χ1) is 12.7. The third-order valence-electron chi connectivity index (χ3n) is 4.16. The summed E-state index contributed by atoms with van der Waals surface area (Å²) in [5.74, 6) is -2.41. The lowest BCUT2D eigenvalue weighted by Gasteiger charge is -2.20. The van der Waals surface area contributed by atoms with Gasteiger partial charge in [0.25, 0.3) is 0 Å². The molecule has 0 aliphatic rings. The van der Waals surface area contributed by atoms with Crippen LogP contribution in [0.25, 0.3) is 0 Å². The molecule has 0 bridgehead atoms. The van der Waals surface area contributed by atoms with E-state index in [9.17, 15) is 18.4 Å². The fourth-order valence-corrected chi connectivity index (χ4v) is 2.81. The smallest absolute Gasteiger partial charge is 0.233 e. The third-order valence-corrected chi connectivity index (χ3v) is 4.16. The molecule has 2 N–H and O–H groups in total. The molecule has 0 aromatic heterocycles. The lowest BCUT2D eigenvalue weighted by Crippen LogP contribution is -2.23. The number of amides is 2. The number of halogens is 2. The summed E-state index contributed by atoms with van der Waals surface area (Å²) >= 11 is 0. The fourth-order valence-electron chi connectivity index (χ4n) is 2.81. The lowest BCUT2D eigenvalue weighted by atomic mass is 9.92. The quantitative estimate of drug-likeness (QED) is 0.685. The largest absolute Gasteiger partial charge is 0.325 e. The summed E-state index contributed by atoms with van der Waals surface area (Å²) in [5.41, 5.74) is 2.52. The van der Waals surface area contributed by atoms with Crippen molar-refractivity contribution in [1.29, 1.82) is 0 Å². The Hall–Kier alpha value is -2.76. The van der Waals surface area contributed by atoms with Crippen molar-refractivity contribution in [3.63, 3.8) is 0 Å². The molecule has 2 rings (SSSR count). The fraction of sp³-hybridized carbons (Fsp3) is 0.333. The second-order valence-electron chi connectivity index (χ2n) is 7.02. The molecule has 0 fully saturated rings. The van der Waals surface area contributed by atoms with Crippen LogP contribution in [0.2, 0.25) is 0 Å². The topological polar surface area (TPSA) is 58.2 Å². The van der Waals surface area contributed by atoms with E-state index in [1.807, 2.05) is 45.9 Å². The molecule has 2 amide bonds. The van der Waals surface area contributed by atoms with Gasteiger partial charge in [-0.05, 0) is 35.1 Å². The molecule has 0 heterocycles. The Morgan fingerprint density at radius 3 is 1.96 bits per heavy atom. The summed E-state index contributed by atoms with van der Waals surface area (Å²) in [6.07, 6.45) is -0.471. The number of rotatable bonds is 6. The number of benzene rings is 2. The highest BCUT2D eigenvalue weighted by Gasteiger charge is 2.18. The molecule has 0 saturated carbocycles. The molecule has 6 heteroatoms. The second kappa shape index (κ2) is 8.75. The van der Waals surface area contributed by atoms with Crippen molar-refractivity contribution in [2.45, 2.75) is 46.0 Å². The maximum Gasteiger partial charge on any atom is 0.233 e. The van der Waals surface area contributed by atoms with Crippen LogP contribution in [0.3, 0.4) is 0 Å². The first kappa shape index (κ1) is 20.6. The third kappa shape index (κ3) is 5.36. The monoisotopic (exact) mass is 374 g/mol. The predicted molar refractivity (Wildman–Crippen MR) is 103 cm³/mol. The predicted octanol–water partition coefficient (Wildman–Crippen LogP) is 5.18. The van der Waals surface area contributed by atoms with Crippen molar-refractivity contribution in [3.8, 4) is 0 Å². The molecule has 0 aliphatic heterocycles. The molecule has 2 aromatic rings. The lowest BCUT2D eigenvalue weighted by molar-refractivity contribution is -0.123. The van der Waals surface area contributed by atoms with Gasteiger partial charge in [-0.1, -0.05) is 45.9 Å². The van der Waals surface area contributed by atoms with Gasteiger partial charge in [0.15, 0.2) is 0 Å². The number of hydrogen-bond acceptors (Lipinski definition) is 2. The number of hydrogen-bond donors (Lipinski definition) is 2. The van der Waals surface area contributed by atoms with Crippen LogP contribution in [0.4, 0.5) is 20.2 Å². The van der Waals surface area contributed by atoms with Gasteiger partial charge in [-0.3, -0.25) is 9.59 Å². The zero-order chi connectivity index (χ0) is 20.1. The molecular formula is C21H24F2N2O2. The summed E-state index contributed by atoms with van der Waals surface area (Å²) in [4.78, 5) is 24.4. The average Bonchev–Trinajstić information content (AvgIpc) is 2.57. The first-order valence-corrected chi connectivity index (χ1v) is 8.86. The van der Waals surface area contributed by atoms with E-state index in [1.165, 1.54) is 0 Å². The Morgan fingerprint density at radius 2 is 1.44 bits per heavy atom. The van der Waals surface area contributed by atoms with Crippen molar-refractivity contribution in [2.24, 2.45) is 0 Å². The molecule has 0 saturated heterocycles. The Balaban J connectivity index is 2.12. The molecule has 0 aliphatic carbocycles. The number of carbonyl (C=O) groups excluding carboxylic acids is 2. The number of para-hydroxylation sites is 1. The minimum Gasteiger partial charge on any atom is -0.325 e.